The second kappa shape index (κ2) is 10.5. The van der Waals surface area contributed by atoms with Gasteiger partial charge in [-0.05, 0) is 62.5 Å². The highest BCUT2D eigenvalue weighted by atomic mass is 35.5. The topological polar surface area (TPSA) is 82.6 Å². The van der Waals surface area contributed by atoms with Gasteiger partial charge in [0.25, 0.3) is 0 Å². The highest BCUT2D eigenvalue weighted by molar-refractivity contribution is 6.33. The van der Waals surface area contributed by atoms with Gasteiger partial charge in [0.2, 0.25) is 0 Å². The Hall–Kier alpha value is -3.26. The van der Waals surface area contributed by atoms with Crippen LogP contribution in [-0.4, -0.2) is 44.8 Å². The minimum absolute atomic E-state index is 0.261. The van der Waals surface area contributed by atoms with Crippen LogP contribution < -0.4 is 10.2 Å². The van der Waals surface area contributed by atoms with Crippen molar-refractivity contribution >= 4 is 39.2 Å². The minimum Gasteiger partial charge on any atom is -0.389 e. The van der Waals surface area contributed by atoms with E-state index in [4.69, 9.17) is 21.6 Å². The van der Waals surface area contributed by atoms with Crippen LogP contribution >= 0.6 is 11.6 Å². The molecule has 0 radical (unpaired) electrons. The summed E-state index contributed by atoms with van der Waals surface area (Å²) < 4.78 is 16.5. The molecule has 1 unspecified atom stereocenters. The summed E-state index contributed by atoms with van der Waals surface area (Å²) in [5.74, 6) is 1.53. The van der Waals surface area contributed by atoms with Gasteiger partial charge in [-0.3, -0.25) is 10.1 Å². The molecule has 1 saturated heterocycles. The first-order valence-corrected chi connectivity index (χ1v) is 14.1. The minimum atomic E-state index is -0.431. The van der Waals surface area contributed by atoms with Crippen LogP contribution in [0.2, 0.25) is 5.02 Å². The van der Waals surface area contributed by atoms with Crippen molar-refractivity contribution in [1.82, 2.24) is 30.5 Å². The van der Waals surface area contributed by atoms with Crippen LogP contribution in [0.3, 0.4) is 0 Å². The Bertz CT molecular complexity index is 1510. The van der Waals surface area contributed by atoms with E-state index in [0.717, 1.165) is 79.7 Å². The summed E-state index contributed by atoms with van der Waals surface area (Å²) in [5, 5.41) is 12.8. The number of aromatic amines is 1. The molecule has 6 heterocycles. The lowest BCUT2D eigenvalue weighted by Crippen LogP contribution is -2.37. The molecule has 198 valence electrons. The number of aromatic nitrogens is 5. The van der Waals surface area contributed by atoms with E-state index in [9.17, 15) is 0 Å². The molecule has 6 bridgehead atoms. The van der Waals surface area contributed by atoms with E-state index in [1.54, 1.807) is 12.4 Å². The lowest BCUT2D eigenvalue weighted by atomic mass is 9.93. The second-order valence-electron chi connectivity index (χ2n) is 10.5. The summed E-state index contributed by atoms with van der Waals surface area (Å²) in [4.78, 5) is 16.6. The van der Waals surface area contributed by atoms with Gasteiger partial charge in [0.05, 0.1) is 17.1 Å². The van der Waals surface area contributed by atoms with E-state index in [-0.39, 0.29) is 5.69 Å². The van der Waals surface area contributed by atoms with Gasteiger partial charge < -0.3 is 10.2 Å². The Morgan fingerprint density at radius 2 is 2.00 bits per heavy atom. The van der Waals surface area contributed by atoms with E-state index in [2.05, 4.69) is 32.0 Å². The number of H-pyrrole nitrogens is 1. The molecule has 3 aliphatic rings. The number of fused-ring (bicyclic) bond motifs is 9. The number of hydrogen-bond donors (Lipinski definition) is 2. The third-order valence-electron chi connectivity index (χ3n) is 7.96. The van der Waals surface area contributed by atoms with Crippen molar-refractivity contribution in [2.75, 3.05) is 24.5 Å². The average Bonchev–Trinajstić information content (AvgIpc) is 3.39. The highest BCUT2D eigenvalue weighted by Crippen LogP contribution is 2.40. The molecule has 1 aromatic carbocycles. The normalized spacial score (nSPS) is 19.0. The highest BCUT2D eigenvalue weighted by Gasteiger charge is 2.27. The van der Waals surface area contributed by atoms with Crippen LogP contribution in [0.1, 0.15) is 56.8 Å². The number of nitrogens with zero attached hydrogens (tertiary/aromatic N) is 5. The Kier molecular flexibility index (Phi) is 6.91. The molecular formula is C29H33ClFN7. The number of rotatable bonds is 1. The maximum Gasteiger partial charge on any atom is 0.175 e. The zero-order valence-electron chi connectivity index (χ0n) is 21.8. The number of hydrogen-bond acceptors (Lipinski definition) is 6. The van der Waals surface area contributed by atoms with E-state index in [1.807, 2.05) is 13.0 Å². The van der Waals surface area contributed by atoms with Crippen LogP contribution in [0.15, 0.2) is 30.7 Å². The third kappa shape index (κ3) is 4.59. The summed E-state index contributed by atoms with van der Waals surface area (Å²) in [6.45, 7) is 8.94. The van der Waals surface area contributed by atoms with Gasteiger partial charge in [0, 0.05) is 53.9 Å². The Balaban J connectivity index is 1.57. The van der Waals surface area contributed by atoms with Crippen molar-refractivity contribution in [2.45, 2.75) is 58.3 Å². The van der Waals surface area contributed by atoms with E-state index in [1.165, 1.54) is 6.42 Å². The van der Waals surface area contributed by atoms with Gasteiger partial charge in [-0.2, -0.15) is 5.10 Å². The summed E-state index contributed by atoms with van der Waals surface area (Å²) >= 11 is 6.80. The lowest BCUT2D eigenvalue weighted by Gasteiger charge is -2.34. The fraction of sp³-hybridized carbons (Fsp3) is 0.448. The first-order chi connectivity index (χ1) is 18.5. The van der Waals surface area contributed by atoms with E-state index in [0.29, 0.717) is 46.1 Å². The number of aryl methyl sites for hydroxylation is 1. The summed E-state index contributed by atoms with van der Waals surface area (Å²) in [7, 11) is 0. The van der Waals surface area contributed by atoms with Gasteiger partial charge >= 0.3 is 0 Å². The average molecular weight is 534 g/mol. The molecule has 0 aliphatic carbocycles. The summed E-state index contributed by atoms with van der Waals surface area (Å²) in [6, 6.07) is 1.87. The number of piperidine rings is 1. The fourth-order valence-corrected chi connectivity index (χ4v) is 6.25. The van der Waals surface area contributed by atoms with Crippen molar-refractivity contribution < 1.29 is 4.39 Å². The van der Waals surface area contributed by atoms with Crippen LogP contribution in [0.5, 0.6) is 0 Å². The summed E-state index contributed by atoms with van der Waals surface area (Å²) in [5.41, 5.74) is 3.98. The molecule has 7 rings (SSSR count). The lowest BCUT2D eigenvalue weighted by molar-refractivity contribution is 0.386. The zero-order valence-corrected chi connectivity index (χ0v) is 22.5. The quantitative estimate of drug-likeness (QED) is 0.296. The molecule has 0 spiro atoms. The van der Waals surface area contributed by atoms with Crippen LogP contribution in [0.25, 0.3) is 33.1 Å². The standard InChI is InChI=1S/C29H33ClFN7/c1-3-24-35-27-21-14-33-28(26(27)31)25-19(22(30)13-23-20(25)15-34-37-23)9-5-4-7-17(2)32-11-10-18-8-6-12-38(16-18)29(21)36-24/h13-15,18,32H,2-12,16H2,1H3,(H,34,37). The van der Waals surface area contributed by atoms with Crippen LogP contribution in [-0.2, 0) is 12.8 Å². The molecule has 3 aliphatic heterocycles. The van der Waals surface area contributed by atoms with Crippen molar-refractivity contribution in [3.63, 3.8) is 0 Å². The van der Waals surface area contributed by atoms with Gasteiger partial charge in [-0.25, -0.2) is 14.4 Å². The van der Waals surface area contributed by atoms with E-state index < -0.39 is 5.82 Å². The number of nitrogens with one attached hydrogen (secondary N) is 2. The first kappa shape index (κ1) is 25.0. The summed E-state index contributed by atoms with van der Waals surface area (Å²) in [6.07, 6.45) is 10.9. The molecular weight excluding hydrogens is 501 g/mol. The first-order valence-electron chi connectivity index (χ1n) is 13.7. The third-order valence-corrected chi connectivity index (χ3v) is 8.30. The molecule has 1 atom stereocenters. The fourth-order valence-electron chi connectivity index (χ4n) is 5.95. The van der Waals surface area contributed by atoms with Gasteiger partial charge in [-0.1, -0.05) is 25.1 Å². The Morgan fingerprint density at radius 1 is 1.13 bits per heavy atom. The molecule has 3 aromatic heterocycles. The Morgan fingerprint density at radius 3 is 2.87 bits per heavy atom. The van der Waals surface area contributed by atoms with Crippen molar-refractivity contribution in [1.29, 1.82) is 0 Å². The van der Waals surface area contributed by atoms with Crippen LogP contribution in [0.4, 0.5) is 10.2 Å². The van der Waals surface area contributed by atoms with Gasteiger partial charge in [0.1, 0.15) is 22.9 Å². The maximum absolute atomic E-state index is 16.5. The second-order valence-corrected chi connectivity index (χ2v) is 10.9. The molecule has 38 heavy (non-hydrogen) atoms. The number of benzene rings is 1. The van der Waals surface area contributed by atoms with Crippen molar-refractivity contribution in [3.8, 4) is 11.3 Å². The SMILES string of the molecule is C=C1CCCCc2c(Cl)cc3[nH]ncc3c2-c2ncc3c(nc(CC)nc3c2F)N2CCCC(CCN1)C2. The number of allylic oxidation sites excluding steroid dienone is 1. The molecule has 0 amide bonds. The van der Waals surface area contributed by atoms with Crippen molar-refractivity contribution in [2.24, 2.45) is 5.92 Å². The predicted octanol–water partition coefficient (Wildman–Crippen LogP) is 6.36. The molecule has 2 N–H and O–H groups in total. The van der Waals surface area contributed by atoms with Gasteiger partial charge in [0.15, 0.2) is 5.82 Å². The number of pyridine rings is 1. The maximum atomic E-state index is 16.5. The monoisotopic (exact) mass is 533 g/mol. The van der Waals surface area contributed by atoms with E-state index >= 15 is 4.39 Å². The Labute approximate surface area is 226 Å². The predicted molar refractivity (Wildman–Crippen MR) is 151 cm³/mol. The van der Waals surface area contributed by atoms with Gasteiger partial charge in [-0.15, -0.1) is 0 Å². The van der Waals surface area contributed by atoms with Crippen LogP contribution in [0, 0.1) is 11.7 Å². The molecule has 4 aromatic rings. The molecule has 1 fully saturated rings. The molecule has 7 nitrogen and oxygen atoms in total. The van der Waals surface area contributed by atoms with Crippen molar-refractivity contribution in [3.05, 3.63) is 53.0 Å². The molecule has 9 heteroatoms. The molecule has 0 saturated carbocycles. The number of anilines is 1. The largest absolute Gasteiger partial charge is 0.389 e. The smallest absolute Gasteiger partial charge is 0.175 e. The zero-order chi connectivity index (χ0) is 26.2. The number of halogens is 2.